The molecule has 126 valence electrons. The fraction of sp³-hybridized carbons (Fsp3) is 0.450. The summed E-state index contributed by atoms with van der Waals surface area (Å²) in [5.74, 6) is 0.957. The molecule has 2 aliphatic rings. The van der Waals surface area contributed by atoms with Crippen molar-refractivity contribution in [1.29, 1.82) is 0 Å². The molecule has 2 aromatic rings. The zero-order valence-corrected chi connectivity index (χ0v) is 14.9. The molecule has 4 rings (SSSR count). The van der Waals surface area contributed by atoms with Crippen LogP contribution in [0.5, 0.6) is 0 Å². The van der Waals surface area contributed by atoms with Crippen LogP contribution in [0.3, 0.4) is 0 Å². The molecule has 2 heterocycles. The third-order valence-electron chi connectivity index (χ3n) is 5.39. The number of carbonyl (C=O) groups excluding carboxylic acids is 1. The highest BCUT2D eigenvalue weighted by atomic mass is 32.1. The average Bonchev–Trinajstić information content (AvgIpc) is 3.31. The van der Waals surface area contributed by atoms with Gasteiger partial charge in [-0.15, -0.1) is 11.3 Å². The zero-order valence-electron chi connectivity index (χ0n) is 14.1. The van der Waals surface area contributed by atoms with Crippen molar-refractivity contribution in [1.82, 2.24) is 5.32 Å². The number of nitrogens with one attached hydrogen (secondary N) is 2. The molecule has 2 N–H and O–H groups in total. The van der Waals surface area contributed by atoms with Crippen LogP contribution in [0.15, 0.2) is 41.8 Å². The summed E-state index contributed by atoms with van der Waals surface area (Å²) in [6, 6.07) is 13.1. The number of carbonyl (C=O) groups is 1. The molecule has 1 fully saturated rings. The maximum Gasteiger partial charge on any atom is 0.275 e. The number of hydrogen-bond acceptors (Lipinski definition) is 2. The topological polar surface area (TPSA) is 33.5 Å². The predicted octanol–water partition coefficient (Wildman–Crippen LogP) is 2.52. The van der Waals surface area contributed by atoms with Gasteiger partial charge in [-0.05, 0) is 36.8 Å². The normalized spacial score (nSPS) is 24.2. The quantitative estimate of drug-likeness (QED) is 0.861. The van der Waals surface area contributed by atoms with Crippen molar-refractivity contribution in [2.45, 2.75) is 38.3 Å². The highest BCUT2D eigenvalue weighted by Crippen LogP contribution is 2.42. The van der Waals surface area contributed by atoms with Gasteiger partial charge < -0.3 is 10.2 Å². The number of thiophene rings is 1. The van der Waals surface area contributed by atoms with Crippen molar-refractivity contribution >= 4 is 17.2 Å². The number of amides is 1. The van der Waals surface area contributed by atoms with E-state index in [0.29, 0.717) is 12.6 Å². The van der Waals surface area contributed by atoms with E-state index >= 15 is 0 Å². The maximum absolute atomic E-state index is 12.6. The lowest BCUT2D eigenvalue weighted by molar-refractivity contribution is -0.928. The second kappa shape index (κ2) is 6.69. The zero-order chi connectivity index (χ0) is 16.5. The van der Waals surface area contributed by atoms with E-state index < -0.39 is 0 Å². The summed E-state index contributed by atoms with van der Waals surface area (Å²) >= 11 is 1.89. The molecule has 1 aliphatic carbocycles. The van der Waals surface area contributed by atoms with Crippen molar-refractivity contribution < 1.29 is 9.69 Å². The van der Waals surface area contributed by atoms with Crippen LogP contribution in [0, 0.1) is 5.92 Å². The van der Waals surface area contributed by atoms with Crippen molar-refractivity contribution in [2.75, 3.05) is 13.1 Å². The van der Waals surface area contributed by atoms with Crippen LogP contribution >= 0.6 is 11.3 Å². The van der Waals surface area contributed by atoms with Gasteiger partial charge in [0.15, 0.2) is 6.54 Å². The number of benzene rings is 1. The molecule has 0 bridgehead atoms. The summed E-state index contributed by atoms with van der Waals surface area (Å²) in [5, 5.41) is 5.41. The van der Waals surface area contributed by atoms with Gasteiger partial charge in [0.25, 0.3) is 5.91 Å². The van der Waals surface area contributed by atoms with Gasteiger partial charge in [-0.2, -0.15) is 0 Å². The molecule has 1 aromatic heterocycles. The van der Waals surface area contributed by atoms with Gasteiger partial charge in [0.2, 0.25) is 0 Å². The van der Waals surface area contributed by atoms with Gasteiger partial charge in [-0.3, -0.25) is 4.79 Å². The van der Waals surface area contributed by atoms with Crippen LogP contribution in [0.4, 0.5) is 0 Å². The van der Waals surface area contributed by atoms with Gasteiger partial charge in [-0.25, -0.2) is 0 Å². The number of quaternary nitrogens is 1. The van der Waals surface area contributed by atoms with Gasteiger partial charge in [0.1, 0.15) is 6.04 Å². The summed E-state index contributed by atoms with van der Waals surface area (Å²) in [6.07, 6.45) is 3.77. The Morgan fingerprint density at radius 1 is 1.29 bits per heavy atom. The molecule has 3 nitrogen and oxygen atoms in total. The lowest BCUT2D eigenvalue weighted by Crippen LogP contribution is -3.14. The Hall–Kier alpha value is -1.65. The summed E-state index contributed by atoms with van der Waals surface area (Å²) in [5.41, 5.74) is 2.69. The predicted molar refractivity (Wildman–Crippen MR) is 97.2 cm³/mol. The maximum atomic E-state index is 12.6. The largest absolute Gasteiger partial charge is 0.345 e. The van der Waals surface area contributed by atoms with Crippen LogP contribution in [0.1, 0.15) is 47.9 Å². The Labute approximate surface area is 147 Å². The van der Waals surface area contributed by atoms with E-state index in [1.54, 1.807) is 4.88 Å². The van der Waals surface area contributed by atoms with Crippen molar-refractivity contribution in [3.8, 4) is 0 Å². The van der Waals surface area contributed by atoms with Crippen LogP contribution < -0.4 is 10.2 Å². The average molecular weight is 342 g/mol. The van der Waals surface area contributed by atoms with Crippen molar-refractivity contribution in [2.24, 2.45) is 5.92 Å². The number of rotatable bonds is 5. The molecule has 0 saturated heterocycles. The minimum absolute atomic E-state index is 0.0685. The third-order valence-corrected chi connectivity index (χ3v) is 6.38. The SMILES string of the molecule is C[C@@H](NC(=O)C[NH+]1CCc2sccc2[C@@H]1C1CC1)c1ccccc1. The molecule has 1 aliphatic heterocycles. The smallest absolute Gasteiger partial charge is 0.275 e. The fourth-order valence-electron chi connectivity index (χ4n) is 4.02. The first kappa shape index (κ1) is 15.9. The summed E-state index contributed by atoms with van der Waals surface area (Å²) in [7, 11) is 0. The molecule has 1 unspecified atom stereocenters. The minimum Gasteiger partial charge on any atom is -0.345 e. The molecule has 4 heteroatoms. The molecule has 24 heavy (non-hydrogen) atoms. The molecule has 1 aromatic carbocycles. The van der Waals surface area contributed by atoms with Crippen LogP contribution in [-0.4, -0.2) is 19.0 Å². The van der Waals surface area contributed by atoms with E-state index in [1.807, 2.05) is 29.5 Å². The summed E-state index contributed by atoms with van der Waals surface area (Å²) < 4.78 is 0. The van der Waals surface area contributed by atoms with Crippen molar-refractivity contribution in [3.63, 3.8) is 0 Å². The Bertz CT molecular complexity index is 707. The van der Waals surface area contributed by atoms with Crippen LogP contribution in [-0.2, 0) is 11.2 Å². The second-order valence-electron chi connectivity index (χ2n) is 7.15. The molecular weight excluding hydrogens is 316 g/mol. The Kier molecular flexibility index (Phi) is 4.42. The van der Waals surface area contributed by atoms with Crippen LogP contribution in [0.25, 0.3) is 0 Å². The highest BCUT2D eigenvalue weighted by Gasteiger charge is 2.43. The molecule has 0 spiro atoms. The number of fused-ring (bicyclic) bond motifs is 1. The van der Waals surface area contributed by atoms with Crippen LogP contribution in [0.2, 0.25) is 0 Å². The van der Waals surface area contributed by atoms with E-state index in [-0.39, 0.29) is 11.9 Å². The molecule has 3 atom stereocenters. The van der Waals surface area contributed by atoms with E-state index in [0.717, 1.165) is 18.9 Å². The third kappa shape index (κ3) is 3.26. The monoisotopic (exact) mass is 341 g/mol. The Morgan fingerprint density at radius 3 is 2.83 bits per heavy atom. The minimum atomic E-state index is 0.0685. The Balaban J connectivity index is 1.42. The first-order valence-corrected chi connectivity index (χ1v) is 9.85. The second-order valence-corrected chi connectivity index (χ2v) is 8.15. The van der Waals surface area contributed by atoms with Gasteiger partial charge in [0, 0.05) is 22.8 Å². The summed E-state index contributed by atoms with van der Waals surface area (Å²) in [4.78, 5) is 15.6. The van der Waals surface area contributed by atoms with Gasteiger partial charge in [0.05, 0.1) is 12.6 Å². The molecule has 0 radical (unpaired) electrons. The fourth-order valence-corrected chi connectivity index (χ4v) is 4.95. The van der Waals surface area contributed by atoms with Crippen molar-refractivity contribution in [3.05, 3.63) is 57.8 Å². The highest BCUT2D eigenvalue weighted by molar-refractivity contribution is 7.10. The Morgan fingerprint density at radius 2 is 2.08 bits per heavy atom. The lowest BCUT2D eigenvalue weighted by atomic mass is 9.96. The molecule has 1 amide bonds. The number of hydrogen-bond donors (Lipinski definition) is 2. The standard InChI is InChI=1S/C20H24N2OS/c1-14(15-5-3-2-4-6-15)21-19(23)13-22-11-9-18-17(10-12-24-18)20(22)16-7-8-16/h2-6,10,12,14,16,20H,7-9,11,13H2,1H3,(H,21,23)/p+1/t14-,20+/m1/s1. The van der Waals surface area contributed by atoms with E-state index in [9.17, 15) is 4.79 Å². The molecule has 1 saturated carbocycles. The van der Waals surface area contributed by atoms with Gasteiger partial charge in [-0.1, -0.05) is 30.3 Å². The first-order chi connectivity index (χ1) is 11.7. The van der Waals surface area contributed by atoms with Gasteiger partial charge >= 0.3 is 0 Å². The first-order valence-electron chi connectivity index (χ1n) is 8.97. The van der Waals surface area contributed by atoms with E-state index in [2.05, 4.69) is 35.8 Å². The molecular formula is C20H25N2OS+. The summed E-state index contributed by atoms with van der Waals surface area (Å²) in [6.45, 7) is 3.74. The lowest BCUT2D eigenvalue weighted by Gasteiger charge is -2.32. The van der Waals surface area contributed by atoms with E-state index in [4.69, 9.17) is 0 Å². The van der Waals surface area contributed by atoms with E-state index in [1.165, 1.54) is 28.9 Å².